The van der Waals surface area contributed by atoms with Crippen molar-refractivity contribution in [2.24, 2.45) is 0 Å². The van der Waals surface area contributed by atoms with Crippen molar-refractivity contribution < 1.29 is 13.2 Å². The predicted molar refractivity (Wildman–Crippen MR) is 65.8 cm³/mol. The van der Waals surface area contributed by atoms with Crippen molar-refractivity contribution in [3.8, 4) is 0 Å². The third kappa shape index (κ3) is 2.36. The van der Waals surface area contributed by atoms with Gasteiger partial charge in [0.25, 0.3) is 6.43 Å². The Labute approximate surface area is 107 Å². The Bertz CT molecular complexity index is 587. The van der Waals surface area contributed by atoms with E-state index < -0.39 is 17.9 Å². The Hall–Kier alpha value is -1.49. The van der Waals surface area contributed by atoms with Crippen LogP contribution in [0.1, 0.15) is 19.0 Å². The molecule has 0 bridgehead atoms. The smallest absolute Gasteiger partial charge is 0.280 e. The van der Waals surface area contributed by atoms with Gasteiger partial charge in [0.2, 0.25) is 0 Å². The van der Waals surface area contributed by atoms with Gasteiger partial charge in [0.1, 0.15) is 11.2 Å². The molecule has 0 radical (unpaired) electrons. The third-order valence-corrected chi connectivity index (χ3v) is 2.66. The molecule has 1 aromatic heterocycles. The topological polar surface area (TPSA) is 24.9 Å². The van der Waals surface area contributed by atoms with Crippen LogP contribution in [0.4, 0.5) is 18.9 Å². The molecule has 0 spiro atoms. The molecule has 1 aromatic carbocycles. The summed E-state index contributed by atoms with van der Waals surface area (Å²) < 4.78 is 39.1. The number of halogens is 4. The highest BCUT2D eigenvalue weighted by molar-refractivity contribution is 6.31. The molecule has 96 valence electrons. The molecule has 2 rings (SSSR count). The number of hydrogen-bond donors (Lipinski definition) is 1. The molecule has 1 heterocycles. The van der Waals surface area contributed by atoms with Crippen LogP contribution in [-0.4, -0.2) is 11.5 Å². The molecule has 2 nitrogen and oxygen atoms in total. The average Bonchev–Trinajstić information content (AvgIpc) is 2.29. The second kappa shape index (κ2) is 5.02. The van der Waals surface area contributed by atoms with E-state index in [2.05, 4.69) is 10.3 Å². The first-order valence-corrected chi connectivity index (χ1v) is 5.72. The number of fused-ring (bicyclic) bond motifs is 1. The van der Waals surface area contributed by atoms with Crippen LogP contribution in [0.2, 0.25) is 5.02 Å². The van der Waals surface area contributed by atoms with Crippen LogP contribution < -0.4 is 5.32 Å². The summed E-state index contributed by atoms with van der Waals surface area (Å²) in [6.07, 6.45) is -2.75. The maximum atomic E-state index is 13.7. The van der Waals surface area contributed by atoms with Crippen molar-refractivity contribution in [1.82, 2.24) is 4.98 Å². The van der Waals surface area contributed by atoms with Gasteiger partial charge in [-0.05, 0) is 25.1 Å². The maximum absolute atomic E-state index is 13.7. The van der Waals surface area contributed by atoms with E-state index in [1.807, 2.05) is 6.92 Å². The van der Waals surface area contributed by atoms with Crippen molar-refractivity contribution in [3.05, 3.63) is 34.7 Å². The lowest BCUT2D eigenvalue weighted by Gasteiger charge is -2.11. The van der Waals surface area contributed by atoms with Crippen molar-refractivity contribution in [1.29, 1.82) is 0 Å². The minimum atomic E-state index is -2.75. The standard InChI is InChI=1S/C12H10ClF3N2/c1-2-17-9-5-10(12(15)16)18-11-7(9)3-6(13)4-8(11)14/h3-5,12H,2H2,1H3,(H,17,18). The molecule has 0 fully saturated rings. The van der Waals surface area contributed by atoms with Gasteiger partial charge in [-0.2, -0.15) is 0 Å². The lowest BCUT2D eigenvalue weighted by molar-refractivity contribution is 0.146. The summed E-state index contributed by atoms with van der Waals surface area (Å²) in [5, 5.41) is 3.50. The molecule has 0 saturated carbocycles. The molecular formula is C12H10ClF3N2. The Morgan fingerprint density at radius 3 is 2.67 bits per heavy atom. The summed E-state index contributed by atoms with van der Waals surface area (Å²) in [6.45, 7) is 2.34. The van der Waals surface area contributed by atoms with Crippen LogP contribution in [0.3, 0.4) is 0 Å². The minimum Gasteiger partial charge on any atom is -0.385 e. The molecule has 0 saturated heterocycles. The fourth-order valence-electron chi connectivity index (χ4n) is 1.72. The van der Waals surface area contributed by atoms with Gasteiger partial charge in [-0.3, -0.25) is 0 Å². The van der Waals surface area contributed by atoms with E-state index in [9.17, 15) is 13.2 Å². The number of anilines is 1. The number of pyridine rings is 1. The molecule has 0 aliphatic carbocycles. The van der Waals surface area contributed by atoms with Gasteiger partial charge in [-0.25, -0.2) is 18.2 Å². The zero-order valence-corrected chi connectivity index (χ0v) is 10.2. The van der Waals surface area contributed by atoms with Crippen LogP contribution >= 0.6 is 11.6 Å². The van der Waals surface area contributed by atoms with Crippen LogP contribution in [0.15, 0.2) is 18.2 Å². The van der Waals surface area contributed by atoms with Gasteiger partial charge in [0, 0.05) is 22.6 Å². The van der Waals surface area contributed by atoms with Crippen LogP contribution in [0, 0.1) is 5.82 Å². The quantitative estimate of drug-likeness (QED) is 0.897. The number of nitrogens with one attached hydrogen (secondary N) is 1. The summed E-state index contributed by atoms with van der Waals surface area (Å²) in [4.78, 5) is 3.63. The highest BCUT2D eigenvalue weighted by atomic mass is 35.5. The summed E-state index contributed by atoms with van der Waals surface area (Å²) in [7, 11) is 0. The van der Waals surface area contributed by atoms with Gasteiger partial charge in [-0.1, -0.05) is 11.6 Å². The number of nitrogens with zero attached hydrogens (tertiary/aromatic N) is 1. The Morgan fingerprint density at radius 1 is 1.33 bits per heavy atom. The van der Waals surface area contributed by atoms with Crippen molar-refractivity contribution in [2.75, 3.05) is 11.9 Å². The zero-order chi connectivity index (χ0) is 13.3. The van der Waals surface area contributed by atoms with E-state index in [1.54, 1.807) is 0 Å². The van der Waals surface area contributed by atoms with Crippen molar-refractivity contribution in [3.63, 3.8) is 0 Å². The van der Waals surface area contributed by atoms with E-state index in [-0.39, 0.29) is 10.5 Å². The predicted octanol–water partition coefficient (Wildman–Crippen LogP) is 4.40. The van der Waals surface area contributed by atoms with E-state index in [1.165, 1.54) is 12.1 Å². The molecule has 2 aromatic rings. The summed E-state index contributed by atoms with van der Waals surface area (Å²) in [5.74, 6) is -0.709. The first-order chi connectivity index (χ1) is 8.52. The van der Waals surface area contributed by atoms with Crippen LogP contribution in [-0.2, 0) is 0 Å². The maximum Gasteiger partial charge on any atom is 0.280 e. The van der Waals surface area contributed by atoms with Gasteiger partial charge < -0.3 is 5.32 Å². The molecule has 0 unspecified atom stereocenters. The molecule has 0 atom stereocenters. The molecule has 18 heavy (non-hydrogen) atoms. The molecule has 0 aliphatic rings. The fourth-order valence-corrected chi connectivity index (χ4v) is 1.93. The Balaban J connectivity index is 2.76. The Morgan fingerprint density at radius 2 is 2.06 bits per heavy atom. The second-order valence-corrected chi connectivity index (χ2v) is 4.15. The fraction of sp³-hybridized carbons (Fsp3) is 0.250. The lowest BCUT2D eigenvalue weighted by Crippen LogP contribution is -2.02. The summed E-state index contributed by atoms with van der Waals surface area (Å²) in [6, 6.07) is 3.77. The van der Waals surface area contributed by atoms with E-state index >= 15 is 0 Å². The number of alkyl halides is 2. The first-order valence-electron chi connectivity index (χ1n) is 5.34. The largest absolute Gasteiger partial charge is 0.385 e. The van der Waals surface area contributed by atoms with Gasteiger partial charge in [-0.15, -0.1) is 0 Å². The van der Waals surface area contributed by atoms with E-state index in [0.717, 1.165) is 6.07 Å². The first kappa shape index (κ1) is 13.0. The van der Waals surface area contributed by atoms with Crippen LogP contribution in [0.5, 0.6) is 0 Å². The minimum absolute atomic E-state index is 0.104. The zero-order valence-electron chi connectivity index (χ0n) is 9.48. The van der Waals surface area contributed by atoms with Gasteiger partial charge in [0.05, 0.1) is 0 Å². The number of aromatic nitrogens is 1. The molecular weight excluding hydrogens is 265 g/mol. The monoisotopic (exact) mass is 274 g/mol. The van der Waals surface area contributed by atoms with Crippen molar-refractivity contribution >= 4 is 28.2 Å². The highest BCUT2D eigenvalue weighted by Gasteiger charge is 2.15. The number of rotatable bonds is 3. The van der Waals surface area contributed by atoms with Crippen LogP contribution in [0.25, 0.3) is 10.9 Å². The number of hydrogen-bond acceptors (Lipinski definition) is 2. The summed E-state index contributed by atoms with van der Waals surface area (Å²) in [5.41, 5.74) is -0.160. The van der Waals surface area contributed by atoms with Gasteiger partial charge in [0.15, 0.2) is 5.82 Å². The number of benzene rings is 1. The average molecular weight is 275 g/mol. The van der Waals surface area contributed by atoms with E-state index in [4.69, 9.17) is 11.6 Å². The molecule has 6 heteroatoms. The highest BCUT2D eigenvalue weighted by Crippen LogP contribution is 2.31. The molecule has 0 amide bonds. The Kier molecular flexibility index (Phi) is 3.61. The normalized spacial score (nSPS) is 11.2. The van der Waals surface area contributed by atoms with Crippen molar-refractivity contribution in [2.45, 2.75) is 13.3 Å². The summed E-state index contributed by atoms with van der Waals surface area (Å²) >= 11 is 5.75. The molecule has 1 N–H and O–H groups in total. The van der Waals surface area contributed by atoms with Gasteiger partial charge >= 0.3 is 0 Å². The third-order valence-electron chi connectivity index (χ3n) is 2.44. The molecule has 0 aliphatic heterocycles. The SMILES string of the molecule is CCNc1cc(C(F)F)nc2c(F)cc(Cl)cc12. The lowest BCUT2D eigenvalue weighted by atomic mass is 10.1. The van der Waals surface area contributed by atoms with E-state index in [0.29, 0.717) is 17.6 Å². The second-order valence-electron chi connectivity index (χ2n) is 3.71.